The molecule has 0 aromatic rings. The van der Waals surface area contributed by atoms with Crippen molar-refractivity contribution in [1.29, 1.82) is 0 Å². The van der Waals surface area contributed by atoms with Crippen LogP contribution in [0.2, 0.25) is 0 Å². The van der Waals surface area contributed by atoms with Crippen LogP contribution in [0.15, 0.2) is 0 Å². The molecule has 2 aliphatic rings. The topological polar surface area (TPSA) is 18.5 Å². The van der Waals surface area contributed by atoms with E-state index in [4.69, 9.17) is 9.47 Å². The number of ether oxygens (including phenoxy) is 2. The summed E-state index contributed by atoms with van der Waals surface area (Å²) >= 11 is 0. The van der Waals surface area contributed by atoms with Crippen molar-refractivity contribution < 1.29 is 9.47 Å². The Bertz CT molecular complexity index is 200. The first-order valence-corrected chi connectivity index (χ1v) is 5.24. The molecular formula is C11H20O2. The summed E-state index contributed by atoms with van der Waals surface area (Å²) in [6.07, 6.45) is 2.96. The fraction of sp³-hybridized carbons (Fsp3) is 1.00. The zero-order chi connectivity index (χ0) is 9.64. The SMILES string of the molecule is COC1OC2CCC(C)(C)C1C2C. The van der Waals surface area contributed by atoms with Crippen molar-refractivity contribution in [2.24, 2.45) is 17.3 Å². The second-order valence-electron chi connectivity index (χ2n) is 5.19. The van der Waals surface area contributed by atoms with Gasteiger partial charge in [-0.15, -0.1) is 0 Å². The van der Waals surface area contributed by atoms with Gasteiger partial charge >= 0.3 is 0 Å². The van der Waals surface area contributed by atoms with Gasteiger partial charge in [-0.1, -0.05) is 20.8 Å². The molecule has 0 aromatic carbocycles. The summed E-state index contributed by atoms with van der Waals surface area (Å²) in [5.41, 5.74) is 0.382. The van der Waals surface area contributed by atoms with Crippen molar-refractivity contribution >= 4 is 0 Å². The highest BCUT2D eigenvalue weighted by Gasteiger charge is 2.52. The minimum Gasteiger partial charge on any atom is -0.356 e. The first-order valence-electron chi connectivity index (χ1n) is 5.24. The van der Waals surface area contributed by atoms with Gasteiger partial charge in [0.25, 0.3) is 0 Å². The van der Waals surface area contributed by atoms with E-state index < -0.39 is 0 Å². The molecule has 1 aliphatic carbocycles. The summed E-state index contributed by atoms with van der Waals surface area (Å²) in [6.45, 7) is 6.98. The van der Waals surface area contributed by atoms with Crippen LogP contribution in [0.3, 0.4) is 0 Å². The van der Waals surface area contributed by atoms with Crippen LogP contribution < -0.4 is 0 Å². The first kappa shape index (κ1) is 9.47. The number of hydrogen-bond acceptors (Lipinski definition) is 2. The summed E-state index contributed by atoms with van der Waals surface area (Å²) in [4.78, 5) is 0. The van der Waals surface area contributed by atoms with Crippen molar-refractivity contribution in [2.75, 3.05) is 7.11 Å². The fourth-order valence-electron chi connectivity index (χ4n) is 3.15. The Balaban J connectivity index is 2.24. The van der Waals surface area contributed by atoms with E-state index in [1.165, 1.54) is 12.8 Å². The molecule has 4 unspecified atom stereocenters. The Labute approximate surface area is 80.6 Å². The Morgan fingerprint density at radius 3 is 2.69 bits per heavy atom. The van der Waals surface area contributed by atoms with Crippen LogP contribution in [0, 0.1) is 17.3 Å². The summed E-state index contributed by atoms with van der Waals surface area (Å²) in [6, 6.07) is 0. The third kappa shape index (κ3) is 1.31. The van der Waals surface area contributed by atoms with Crippen LogP contribution in [0.5, 0.6) is 0 Å². The van der Waals surface area contributed by atoms with Crippen molar-refractivity contribution in [2.45, 2.75) is 46.0 Å². The highest BCUT2D eigenvalue weighted by molar-refractivity contribution is 4.97. The summed E-state index contributed by atoms with van der Waals surface area (Å²) in [5.74, 6) is 1.24. The third-order valence-corrected chi connectivity index (χ3v) is 3.96. The van der Waals surface area contributed by atoms with Gasteiger partial charge in [-0.25, -0.2) is 0 Å². The molecule has 2 heteroatoms. The Morgan fingerprint density at radius 1 is 1.38 bits per heavy atom. The van der Waals surface area contributed by atoms with Gasteiger partial charge in [0, 0.05) is 13.0 Å². The second kappa shape index (κ2) is 2.96. The van der Waals surface area contributed by atoms with Crippen molar-refractivity contribution in [1.82, 2.24) is 0 Å². The monoisotopic (exact) mass is 184 g/mol. The summed E-state index contributed by atoms with van der Waals surface area (Å²) in [7, 11) is 1.76. The van der Waals surface area contributed by atoms with Gasteiger partial charge in [0.15, 0.2) is 6.29 Å². The van der Waals surface area contributed by atoms with Gasteiger partial charge in [0.2, 0.25) is 0 Å². The molecule has 4 atom stereocenters. The summed E-state index contributed by atoms with van der Waals surface area (Å²) in [5, 5.41) is 0. The van der Waals surface area contributed by atoms with Gasteiger partial charge in [0.05, 0.1) is 6.10 Å². The molecule has 0 amide bonds. The van der Waals surface area contributed by atoms with E-state index in [-0.39, 0.29) is 6.29 Å². The normalized spacial score (nSPS) is 48.0. The van der Waals surface area contributed by atoms with Crippen LogP contribution in [0.1, 0.15) is 33.6 Å². The predicted octanol–water partition coefficient (Wildman–Crippen LogP) is 2.43. The van der Waals surface area contributed by atoms with Crippen LogP contribution >= 0.6 is 0 Å². The van der Waals surface area contributed by atoms with E-state index in [0.717, 1.165) is 0 Å². The maximum absolute atomic E-state index is 5.86. The Kier molecular flexibility index (Phi) is 2.16. The molecule has 2 rings (SSSR count). The molecule has 0 spiro atoms. The van der Waals surface area contributed by atoms with Crippen molar-refractivity contribution in [3.8, 4) is 0 Å². The zero-order valence-electron chi connectivity index (χ0n) is 9.04. The molecule has 2 fully saturated rings. The lowest BCUT2D eigenvalue weighted by Crippen LogP contribution is -2.38. The van der Waals surface area contributed by atoms with E-state index in [0.29, 0.717) is 23.4 Å². The van der Waals surface area contributed by atoms with E-state index in [2.05, 4.69) is 20.8 Å². The highest BCUT2D eigenvalue weighted by atomic mass is 16.7. The molecule has 1 saturated carbocycles. The quantitative estimate of drug-likeness (QED) is 0.623. The number of methoxy groups -OCH3 is 1. The number of hydrogen-bond donors (Lipinski definition) is 0. The smallest absolute Gasteiger partial charge is 0.161 e. The molecule has 0 radical (unpaired) electrons. The van der Waals surface area contributed by atoms with Gasteiger partial charge < -0.3 is 9.47 Å². The van der Waals surface area contributed by atoms with Crippen molar-refractivity contribution in [3.05, 3.63) is 0 Å². The lowest BCUT2D eigenvalue weighted by atomic mass is 9.64. The van der Waals surface area contributed by atoms with Crippen LogP contribution in [0.25, 0.3) is 0 Å². The van der Waals surface area contributed by atoms with E-state index in [1.807, 2.05) is 0 Å². The molecule has 2 bridgehead atoms. The lowest BCUT2D eigenvalue weighted by molar-refractivity contribution is -0.135. The molecule has 0 N–H and O–H groups in total. The first-order chi connectivity index (χ1) is 6.06. The lowest BCUT2D eigenvalue weighted by Gasteiger charge is -2.39. The molecule has 1 saturated heterocycles. The third-order valence-electron chi connectivity index (χ3n) is 3.96. The molecule has 2 nitrogen and oxygen atoms in total. The molecular weight excluding hydrogens is 164 g/mol. The Hall–Kier alpha value is -0.0800. The van der Waals surface area contributed by atoms with Crippen LogP contribution in [-0.4, -0.2) is 19.5 Å². The number of fused-ring (bicyclic) bond motifs is 2. The molecule has 13 heavy (non-hydrogen) atoms. The predicted molar refractivity (Wildman–Crippen MR) is 51.3 cm³/mol. The maximum Gasteiger partial charge on any atom is 0.161 e. The zero-order valence-corrected chi connectivity index (χ0v) is 9.04. The average Bonchev–Trinajstić information content (AvgIpc) is 2.31. The molecule has 1 heterocycles. The van der Waals surface area contributed by atoms with E-state index in [1.54, 1.807) is 7.11 Å². The molecule has 1 aliphatic heterocycles. The minimum atomic E-state index is 0.0394. The van der Waals surface area contributed by atoms with Gasteiger partial charge in [-0.2, -0.15) is 0 Å². The van der Waals surface area contributed by atoms with E-state index in [9.17, 15) is 0 Å². The Morgan fingerprint density at radius 2 is 2.08 bits per heavy atom. The van der Waals surface area contributed by atoms with E-state index >= 15 is 0 Å². The largest absolute Gasteiger partial charge is 0.356 e. The standard InChI is InChI=1S/C11H20O2/c1-7-8-5-6-11(2,3)9(7)10(12-4)13-8/h7-10H,5-6H2,1-4H3. The fourth-order valence-corrected chi connectivity index (χ4v) is 3.15. The van der Waals surface area contributed by atoms with Gasteiger partial charge in [0.1, 0.15) is 0 Å². The molecule has 0 aromatic heterocycles. The maximum atomic E-state index is 5.86. The van der Waals surface area contributed by atoms with Crippen LogP contribution in [0.4, 0.5) is 0 Å². The van der Waals surface area contributed by atoms with Crippen LogP contribution in [-0.2, 0) is 9.47 Å². The average molecular weight is 184 g/mol. The summed E-state index contributed by atoms with van der Waals surface area (Å²) < 4.78 is 11.3. The highest BCUT2D eigenvalue weighted by Crippen LogP contribution is 2.52. The second-order valence-corrected chi connectivity index (χ2v) is 5.19. The van der Waals surface area contributed by atoms with Gasteiger partial charge in [-0.3, -0.25) is 0 Å². The van der Waals surface area contributed by atoms with Gasteiger partial charge in [-0.05, 0) is 24.2 Å². The minimum absolute atomic E-state index is 0.0394. The number of rotatable bonds is 1. The van der Waals surface area contributed by atoms with Crippen molar-refractivity contribution in [3.63, 3.8) is 0 Å². The molecule has 76 valence electrons.